The highest BCUT2D eigenvalue weighted by molar-refractivity contribution is 5.17. The number of H-pyrrole nitrogens is 1. The fourth-order valence-corrected chi connectivity index (χ4v) is 2.64. The Morgan fingerprint density at radius 2 is 2.37 bits per heavy atom. The maximum Gasteiger partial charge on any atom is 0.244 e. The zero-order valence-electron chi connectivity index (χ0n) is 10.4. The van der Waals surface area contributed by atoms with Crippen molar-refractivity contribution in [1.29, 1.82) is 0 Å². The fraction of sp³-hybridized carbons (Fsp3) is 0.583. The lowest BCUT2D eigenvalue weighted by atomic mass is 10.1. The summed E-state index contributed by atoms with van der Waals surface area (Å²) in [5.41, 5.74) is 2.22. The maximum absolute atomic E-state index is 5.39. The van der Waals surface area contributed by atoms with Crippen molar-refractivity contribution in [3.63, 3.8) is 0 Å². The van der Waals surface area contributed by atoms with Crippen molar-refractivity contribution in [2.45, 2.75) is 31.3 Å². The lowest BCUT2D eigenvalue weighted by Gasteiger charge is -2.19. The number of fused-ring (bicyclic) bond motifs is 1. The number of hydrogen-bond acceptors (Lipinski definition) is 6. The highest BCUT2D eigenvalue weighted by atomic mass is 16.5. The lowest BCUT2D eigenvalue weighted by Crippen LogP contribution is -2.28. The summed E-state index contributed by atoms with van der Waals surface area (Å²) in [6.45, 7) is 2.23. The highest BCUT2D eigenvalue weighted by Crippen LogP contribution is 2.26. The molecule has 0 radical (unpaired) electrons. The number of ether oxygens (including phenoxy) is 1. The molecule has 0 bridgehead atoms. The topological polar surface area (TPSA) is 88.9 Å². The summed E-state index contributed by atoms with van der Waals surface area (Å²) in [6, 6.07) is 0.0550. The van der Waals surface area contributed by atoms with E-state index in [9.17, 15) is 0 Å². The van der Waals surface area contributed by atoms with Crippen LogP contribution < -0.4 is 5.32 Å². The summed E-state index contributed by atoms with van der Waals surface area (Å²) < 4.78 is 10.7. The van der Waals surface area contributed by atoms with Gasteiger partial charge in [0.25, 0.3) is 0 Å². The van der Waals surface area contributed by atoms with Crippen LogP contribution in [0.3, 0.4) is 0 Å². The van der Waals surface area contributed by atoms with Crippen LogP contribution >= 0.6 is 0 Å². The van der Waals surface area contributed by atoms with Crippen LogP contribution in [-0.2, 0) is 17.7 Å². The number of imidazole rings is 1. The first-order valence-corrected chi connectivity index (χ1v) is 6.56. The Labute approximate surface area is 109 Å². The van der Waals surface area contributed by atoms with Gasteiger partial charge >= 0.3 is 0 Å². The zero-order valence-corrected chi connectivity index (χ0v) is 10.4. The molecular formula is C12H15N5O2. The van der Waals surface area contributed by atoms with E-state index in [-0.39, 0.29) is 12.0 Å². The van der Waals surface area contributed by atoms with Crippen LogP contribution in [-0.4, -0.2) is 33.3 Å². The van der Waals surface area contributed by atoms with Crippen LogP contribution in [0.4, 0.5) is 0 Å². The van der Waals surface area contributed by atoms with Crippen LogP contribution in [0.1, 0.15) is 41.5 Å². The van der Waals surface area contributed by atoms with E-state index in [1.807, 2.05) is 0 Å². The molecule has 7 heteroatoms. The molecule has 1 fully saturated rings. The summed E-state index contributed by atoms with van der Waals surface area (Å²) in [5, 5.41) is 7.47. The third-order valence-corrected chi connectivity index (χ3v) is 3.78. The Morgan fingerprint density at radius 1 is 1.37 bits per heavy atom. The van der Waals surface area contributed by atoms with Gasteiger partial charge in [0.2, 0.25) is 5.89 Å². The minimum atomic E-state index is 0.0550. The molecule has 1 saturated heterocycles. The lowest BCUT2D eigenvalue weighted by molar-refractivity contribution is 0.192. The van der Waals surface area contributed by atoms with Crippen LogP contribution in [0.5, 0.6) is 0 Å². The Morgan fingerprint density at radius 3 is 3.26 bits per heavy atom. The molecule has 0 aliphatic carbocycles. The molecule has 2 atom stereocenters. The van der Waals surface area contributed by atoms with Crippen molar-refractivity contribution in [2.24, 2.45) is 0 Å². The minimum absolute atomic E-state index is 0.0550. The SMILES string of the molecule is c1nc2c([nH]1)CNC(c1nc(C3CCOC3)no1)C2. The van der Waals surface area contributed by atoms with Gasteiger partial charge in [0.05, 0.1) is 30.4 Å². The van der Waals surface area contributed by atoms with Crippen LogP contribution in [0, 0.1) is 0 Å². The van der Waals surface area contributed by atoms with Crippen molar-refractivity contribution in [1.82, 2.24) is 25.4 Å². The van der Waals surface area contributed by atoms with Gasteiger partial charge in [-0.05, 0) is 6.42 Å². The van der Waals surface area contributed by atoms with E-state index in [4.69, 9.17) is 9.26 Å². The third-order valence-electron chi connectivity index (χ3n) is 3.78. The zero-order chi connectivity index (χ0) is 12.7. The number of nitrogens with zero attached hydrogens (tertiary/aromatic N) is 3. The van der Waals surface area contributed by atoms with E-state index in [1.54, 1.807) is 6.33 Å². The summed E-state index contributed by atoms with van der Waals surface area (Å²) in [4.78, 5) is 11.9. The van der Waals surface area contributed by atoms with E-state index >= 15 is 0 Å². The predicted molar refractivity (Wildman–Crippen MR) is 64.3 cm³/mol. The van der Waals surface area contributed by atoms with Crippen LogP contribution in [0.15, 0.2) is 10.9 Å². The summed E-state index contributed by atoms with van der Waals surface area (Å²) in [6.07, 6.45) is 3.48. The van der Waals surface area contributed by atoms with Crippen molar-refractivity contribution < 1.29 is 9.26 Å². The Balaban J connectivity index is 1.54. The smallest absolute Gasteiger partial charge is 0.244 e. The van der Waals surface area contributed by atoms with E-state index in [0.29, 0.717) is 12.5 Å². The van der Waals surface area contributed by atoms with Gasteiger partial charge in [-0.15, -0.1) is 0 Å². The molecule has 2 unspecified atom stereocenters. The summed E-state index contributed by atoms with van der Waals surface area (Å²) in [7, 11) is 0. The van der Waals surface area contributed by atoms with Gasteiger partial charge in [-0.25, -0.2) is 4.98 Å². The van der Waals surface area contributed by atoms with Gasteiger partial charge in [0, 0.05) is 25.5 Å². The number of nitrogens with one attached hydrogen (secondary N) is 2. The molecule has 0 saturated carbocycles. The van der Waals surface area contributed by atoms with Gasteiger partial charge in [0.1, 0.15) is 0 Å². The van der Waals surface area contributed by atoms with E-state index in [1.165, 1.54) is 0 Å². The second kappa shape index (κ2) is 4.43. The second-order valence-electron chi connectivity index (χ2n) is 5.02. The van der Waals surface area contributed by atoms with E-state index in [0.717, 1.165) is 43.2 Å². The largest absolute Gasteiger partial charge is 0.381 e. The predicted octanol–water partition coefficient (Wildman–Crippen LogP) is 0.684. The molecule has 0 aromatic carbocycles. The minimum Gasteiger partial charge on any atom is -0.381 e. The first kappa shape index (κ1) is 11.1. The standard InChI is InChI=1S/C12H15N5O2/c1-2-18-5-7(1)11-16-12(19-17-11)9-3-8-10(4-13-9)15-6-14-8/h6-7,9,13H,1-5H2,(H,14,15). The maximum atomic E-state index is 5.39. The molecule has 2 aliphatic heterocycles. The number of aromatic nitrogens is 4. The third kappa shape index (κ3) is 1.95. The van der Waals surface area contributed by atoms with Crippen molar-refractivity contribution >= 4 is 0 Å². The average molecular weight is 261 g/mol. The second-order valence-corrected chi connectivity index (χ2v) is 5.02. The molecule has 2 aliphatic rings. The Kier molecular flexibility index (Phi) is 2.59. The monoisotopic (exact) mass is 261 g/mol. The van der Waals surface area contributed by atoms with Gasteiger partial charge in [-0.2, -0.15) is 4.98 Å². The molecule has 4 rings (SSSR count). The molecule has 0 spiro atoms. The molecule has 7 nitrogen and oxygen atoms in total. The molecule has 4 heterocycles. The van der Waals surface area contributed by atoms with Gasteiger partial charge < -0.3 is 14.2 Å². The van der Waals surface area contributed by atoms with Crippen molar-refractivity contribution in [2.75, 3.05) is 13.2 Å². The number of hydrogen-bond donors (Lipinski definition) is 2. The molecule has 0 amide bonds. The highest BCUT2D eigenvalue weighted by Gasteiger charge is 2.28. The van der Waals surface area contributed by atoms with Gasteiger partial charge in [-0.3, -0.25) is 5.32 Å². The molecule has 19 heavy (non-hydrogen) atoms. The quantitative estimate of drug-likeness (QED) is 0.826. The average Bonchev–Trinajstić information content (AvgIpc) is 3.18. The first-order valence-electron chi connectivity index (χ1n) is 6.56. The molecular weight excluding hydrogens is 246 g/mol. The first-order chi connectivity index (χ1) is 9.40. The normalized spacial score (nSPS) is 26.5. The van der Waals surface area contributed by atoms with Crippen LogP contribution in [0.25, 0.3) is 0 Å². The van der Waals surface area contributed by atoms with E-state index in [2.05, 4.69) is 25.4 Å². The molecule has 2 aromatic rings. The molecule has 100 valence electrons. The van der Waals surface area contributed by atoms with Crippen molar-refractivity contribution in [3.8, 4) is 0 Å². The Bertz CT molecular complexity index is 572. The van der Waals surface area contributed by atoms with Crippen molar-refractivity contribution in [3.05, 3.63) is 29.4 Å². The van der Waals surface area contributed by atoms with Crippen LogP contribution in [0.2, 0.25) is 0 Å². The van der Waals surface area contributed by atoms with Gasteiger partial charge in [0.15, 0.2) is 5.82 Å². The molecule has 2 aromatic heterocycles. The van der Waals surface area contributed by atoms with E-state index < -0.39 is 0 Å². The fourth-order valence-electron chi connectivity index (χ4n) is 2.64. The Hall–Kier alpha value is -1.73. The summed E-state index contributed by atoms with van der Waals surface area (Å²) in [5.74, 6) is 1.69. The number of aromatic amines is 1. The number of rotatable bonds is 2. The summed E-state index contributed by atoms with van der Waals surface area (Å²) >= 11 is 0. The van der Waals surface area contributed by atoms with Gasteiger partial charge in [-0.1, -0.05) is 5.16 Å². The molecule has 2 N–H and O–H groups in total.